The Hall–Kier alpha value is -1.76. The number of hydrogen-bond acceptors (Lipinski definition) is 3. The summed E-state index contributed by atoms with van der Waals surface area (Å²) in [5.74, 6) is -1.29. The van der Waals surface area contributed by atoms with Gasteiger partial charge in [0.15, 0.2) is 5.71 Å². The lowest BCUT2D eigenvalue weighted by Gasteiger charge is -2.28. The van der Waals surface area contributed by atoms with Gasteiger partial charge in [-0.1, -0.05) is 28.9 Å². The van der Waals surface area contributed by atoms with Crippen molar-refractivity contribution < 1.29 is 23.2 Å². The molecule has 1 atom stereocenters. The third kappa shape index (κ3) is 2.81. The van der Waals surface area contributed by atoms with E-state index < -0.39 is 23.2 Å². The zero-order valence-corrected chi connectivity index (χ0v) is 10.5. The smallest absolute Gasteiger partial charge is 0.411 e. The number of alkyl halides is 3. The molecular formula is C11H10ClF3N2O2. The van der Waals surface area contributed by atoms with Crippen LogP contribution in [0.15, 0.2) is 29.4 Å². The molecule has 0 bridgehead atoms. The quantitative estimate of drug-likeness (QED) is 0.510. The van der Waals surface area contributed by atoms with Gasteiger partial charge in [0, 0.05) is 5.02 Å². The van der Waals surface area contributed by atoms with Gasteiger partial charge in [-0.2, -0.15) is 13.2 Å². The molecule has 0 saturated carbocycles. The maximum absolute atomic E-state index is 12.8. The van der Waals surface area contributed by atoms with E-state index in [2.05, 4.69) is 5.16 Å². The summed E-state index contributed by atoms with van der Waals surface area (Å²) in [5.41, 5.74) is 0.983. The highest BCUT2D eigenvalue weighted by molar-refractivity contribution is 6.30. The number of carbonyl (C=O) groups is 1. The van der Waals surface area contributed by atoms with Gasteiger partial charge in [0.25, 0.3) is 0 Å². The SMILES string of the molecule is CC(C(N)=O)(C(=NO)C(F)(F)F)c1ccc(Cl)cc1. The zero-order valence-electron chi connectivity index (χ0n) is 9.70. The van der Waals surface area contributed by atoms with E-state index in [-0.39, 0.29) is 10.6 Å². The molecule has 19 heavy (non-hydrogen) atoms. The highest BCUT2D eigenvalue weighted by Crippen LogP contribution is 2.34. The van der Waals surface area contributed by atoms with E-state index in [9.17, 15) is 18.0 Å². The first-order valence-electron chi connectivity index (χ1n) is 4.99. The monoisotopic (exact) mass is 294 g/mol. The normalized spacial score (nSPS) is 15.9. The molecule has 0 spiro atoms. The van der Waals surface area contributed by atoms with E-state index >= 15 is 0 Å². The maximum atomic E-state index is 12.8. The van der Waals surface area contributed by atoms with Crippen molar-refractivity contribution in [1.82, 2.24) is 0 Å². The number of amides is 1. The number of nitrogens with two attached hydrogens (primary N) is 1. The second kappa shape index (κ2) is 5.08. The third-order valence-corrected chi connectivity index (χ3v) is 3.01. The third-order valence-electron chi connectivity index (χ3n) is 2.76. The summed E-state index contributed by atoms with van der Waals surface area (Å²) in [6, 6.07) is 5.04. The predicted molar refractivity (Wildman–Crippen MR) is 63.3 cm³/mol. The van der Waals surface area contributed by atoms with Gasteiger partial charge in [-0.05, 0) is 24.6 Å². The Morgan fingerprint density at radius 3 is 2.11 bits per heavy atom. The van der Waals surface area contributed by atoms with E-state index in [1.54, 1.807) is 0 Å². The van der Waals surface area contributed by atoms with E-state index in [4.69, 9.17) is 22.5 Å². The molecule has 0 aliphatic rings. The molecule has 0 saturated heterocycles. The van der Waals surface area contributed by atoms with Crippen LogP contribution >= 0.6 is 11.6 Å². The second-order valence-corrected chi connectivity index (χ2v) is 4.38. The molecule has 0 heterocycles. The van der Waals surface area contributed by atoms with Crippen LogP contribution in [-0.2, 0) is 10.2 Å². The highest BCUT2D eigenvalue weighted by Gasteiger charge is 2.53. The number of carbonyl (C=O) groups excluding carboxylic acids is 1. The highest BCUT2D eigenvalue weighted by atomic mass is 35.5. The van der Waals surface area contributed by atoms with Crippen molar-refractivity contribution in [2.24, 2.45) is 10.9 Å². The summed E-state index contributed by atoms with van der Waals surface area (Å²) in [7, 11) is 0. The standard InChI is InChI=1S/C11H10ClF3N2O2/c1-10(9(16)18,8(17-19)11(13,14)15)6-2-4-7(12)5-3-6/h2-5,19H,1H3,(H2,16,18). The predicted octanol–water partition coefficient (Wildman–Crippen LogP) is 2.48. The largest absolute Gasteiger partial charge is 0.434 e. The Kier molecular flexibility index (Phi) is 4.09. The lowest BCUT2D eigenvalue weighted by molar-refractivity contribution is -0.123. The summed E-state index contributed by atoms with van der Waals surface area (Å²) in [4.78, 5) is 11.5. The fraction of sp³-hybridized carbons (Fsp3) is 0.273. The zero-order chi connectivity index (χ0) is 14.8. The molecule has 3 N–H and O–H groups in total. The number of oxime groups is 1. The molecule has 0 aliphatic carbocycles. The van der Waals surface area contributed by atoms with Crippen LogP contribution in [0.25, 0.3) is 0 Å². The van der Waals surface area contributed by atoms with Crippen LogP contribution in [0.3, 0.4) is 0 Å². The number of hydrogen-bond donors (Lipinski definition) is 2. The molecule has 0 aromatic heterocycles. The first-order chi connectivity index (χ1) is 8.64. The molecule has 1 aromatic rings. The van der Waals surface area contributed by atoms with Crippen LogP contribution in [-0.4, -0.2) is 23.0 Å². The minimum absolute atomic E-state index is 0.0745. The summed E-state index contributed by atoms with van der Waals surface area (Å²) < 4.78 is 38.4. The molecule has 1 aromatic carbocycles. The lowest BCUT2D eigenvalue weighted by atomic mass is 9.77. The minimum Gasteiger partial charge on any atom is -0.411 e. The first-order valence-corrected chi connectivity index (χ1v) is 5.37. The van der Waals surface area contributed by atoms with Crippen LogP contribution in [0.4, 0.5) is 13.2 Å². The molecule has 1 unspecified atom stereocenters. The Morgan fingerprint density at radius 2 is 1.79 bits per heavy atom. The lowest BCUT2D eigenvalue weighted by Crippen LogP contribution is -2.51. The van der Waals surface area contributed by atoms with E-state index in [0.717, 1.165) is 6.92 Å². The van der Waals surface area contributed by atoms with E-state index in [0.29, 0.717) is 0 Å². The Bertz CT molecular complexity index is 514. The van der Waals surface area contributed by atoms with Gasteiger partial charge in [0.05, 0.1) is 0 Å². The van der Waals surface area contributed by atoms with E-state index in [1.807, 2.05) is 0 Å². The number of nitrogens with zero attached hydrogens (tertiary/aromatic N) is 1. The molecular weight excluding hydrogens is 285 g/mol. The Balaban J connectivity index is 3.49. The van der Waals surface area contributed by atoms with Crippen molar-refractivity contribution in [3.63, 3.8) is 0 Å². The van der Waals surface area contributed by atoms with Crippen molar-refractivity contribution in [2.75, 3.05) is 0 Å². The van der Waals surface area contributed by atoms with Crippen molar-refractivity contribution in [3.05, 3.63) is 34.9 Å². The Morgan fingerprint density at radius 1 is 1.32 bits per heavy atom. The number of halogens is 4. The number of primary amides is 1. The van der Waals surface area contributed by atoms with Gasteiger partial charge in [-0.3, -0.25) is 4.79 Å². The van der Waals surface area contributed by atoms with Gasteiger partial charge >= 0.3 is 6.18 Å². The van der Waals surface area contributed by atoms with Gasteiger partial charge in [-0.15, -0.1) is 0 Å². The summed E-state index contributed by atoms with van der Waals surface area (Å²) in [6.45, 7) is 0.932. The maximum Gasteiger partial charge on any atom is 0.434 e. The molecule has 1 rings (SSSR count). The summed E-state index contributed by atoms with van der Waals surface area (Å²) in [5, 5.41) is 11.1. The summed E-state index contributed by atoms with van der Waals surface area (Å²) in [6.07, 6.45) is -5.00. The Labute approximate surface area is 111 Å². The fourth-order valence-electron chi connectivity index (χ4n) is 1.62. The van der Waals surface area contributed by atoms with Gasteiger partial charge in [0.2, 0.25) is 5.91 Å². The first kappa shape index (κ1) is 15.3. The fourth-order valence-corrected chi connectivity index (χ4v) is 1.75. The van der Waals surface area contributed by atoms with Gasteiger partial charge in [-0.25, -0.2) is 0 Å². The van der Waals surface area contributed by atoms with Crippen LogP contribution in [0.5, 0.6) is 0 Å². The topological polar surface area (TPSA) is 75.7 Å². The van der Waals surface area contributed by atoms with Crippen molar-refractivity contribution in [2.45, 2.75) is 18.5 Å². The molecule has 1 amide bonds. The van der Waals surface area contributed by atoms with Crippen LogP contribution in [0, 0.1) is 0 Å². The molecule has 0 radical (unpaired) electrons. The van der Waals surface area contributed by atoms with Crippen LogP contribution in [0.1, 0.15) is 12.5 Å². The molecule has 104 valence electrons. The summed E-state index contributed by atoms with van der Waals surface area (Å²) >= 11 is 5.63. The molecule has 0 fully saturated rings. The second-order valence-electron chi connectivity index (χ2n) is 3.94. The van der Waals surface area contributed by atoms with Crippen molar-refractivity contribution >= 4 is 23.2 Å². The van der Waals surface area contributed by atoms with Gasteiger partial charge in [0.1, 0.15) is 5.41 Å². The molecule has 0 aliphatic heterocycles. The average molecular weight is 295 g/mol. The minimum atomic E-state index is -5.00. The molecule has 4 nitrogen and oxygen atoms in total. The van der Waals surface area contributed by atoms with Crippen molar-refractivity contribution in [1.29, 1.82) is 0 Å². The van der Waals surface area contributed by atoms with E-state index in [1.165, 1.54) is 24.3 Å². The van der Waals surface area contributed by atoms with Crippen molar-refractivity contribution in [3.8, 4) is 0 Å². The van der Waals surface area contributed by atoms with Crippen LogP contribution < -0.4 is 5.73 Å². The number of rotatable bonds is 3. The molecule has 8 heteroatoms. The van der Waals surface area contributed by atoms with Crippen LogP contribution in [0.2, 0.25) is 5.02 Å². The number of benzene rings is 1. The van der Waals surface area contributed by atoms with Gasteiger partial charge < -0.3 is 10.9 Å². The average Bonchev–Trinajstić information content (AvgIpc) is 2.28.